The lowest BCUT2D eigenvalue weighted by molar-refractivity contribution is -0.138. The average Bonchev–Trinajstić information content (AvgIpc) is 3.11. The second-order valence-electron chi connectivity index (χ2n) is 5.19. The summed E-state index contributed by atoms with van der Waals surface area (Å²) in [6, 6.07) is 5.63. The van der Waals surface area contributed by atoms with Gasteiger partial charge in [-0.1, -0.05) is 18.5 Å². The first-order valence-electron chi connectivity index (χ1n) is 6.68. The minimum absolute atomic E-state index is 0.155. The fourth-order valence-corrected chi connectivity index (χ4v) is 2.76. The van der Waals surface area contributed by atoms with Gasteiger partial charge >= 0.3 is 5.97 Å². The number of rotatable bonds is 6. The van der Waals surface area contributed by atoms with Crippen molar-refractivity contribution in [2.24, 2.45) is 11.8 Å². The van der Waals surface area contributed by atoms with E-state index in [-0.39, 0.29) is 11.8 Å². The number of hydrogen-bond donors (Lipinski definition) is 1. The molecule has 4 heteroatoms. The summed E-state index contributed by atoms with van der Waals surface area (Å²) in [4.78, 5) is 10.9. The van der Waals surface area contributed by atoms with Crippen LogP contribution >= 0.6 is 11.6 Å². The van der Waals surface area contributed by atoms with Crippen LogP contribution < -0.4 is 4.74 Å². The summed E-state index contributed by atoms with van der Waals surface area (Å²) < 4.78 is 5.61. The van der Waals surface area contributed by atoms with Gasteiger partial charge in [-0.2, -0.15) is 0 Å². The molecule has 0 bridgehead atoms. The van der Waals surface area contributed by atoms with Crippen molar-refractivity contribution in [3.05, 3.63) is 28.8 Å². The van der Waals surface area contributed by atoms with Crippen LogP contribution in [0.1, 0.15) is 38.2 Å². The molecule has 1 aliphatic carbocycles. The molecule has 0 aromatic heterocycles. The highest BCUT2D eigenvalue weighted by atomic mass is 35.5. The first-order chi connectivity index (χ1) is 9.02. The van der Waals surface area contributed by atoms with Crippen LogP contribution in [0.5, 0.6) is 5.75 Å². The molecule has 3 atom stereocenters. The van der Waals surface area contributed by atoms with Gasteiger partial charge in [0.25, 0.3) is 0 Å². The van der Waals surface area contributed by atoms with Gasteiger partial charge < -0.3 is 9.84 Å². The van der Waals surface area contributed by atoms with Gasteiger partial charge in [-0.05, 0) is 55.4 Å². The summed E-state index contributed by atoms with van der Waals surface area (Å²) >= 11 is 6.04. The quantitative estimate of drug-likeness (QED) is 0.859. The van der Waals surface area contributed by atoms with Crippen LogP contribution in [0.3, 0.4) is 0 Å². The maximum Gasteiger partial charge on any atom is 0.306 e. The van der Waals surface area contributed by atoms with Crippen LogP contribution in [0.15, 0.2) is 18.2 Å². The zero-order chi connectivity index (χ0) is 14.0. The Bertz CT molecular complexity index is 472. The molecule has 0 saturated heterocycles. The van der Waals surface area contributed by atoms with Gasteiger partial charge in [0.1, 0.15) is 5.75 Å². The van der Waals surface area contributed by atoms with Crippen molar-refractivity contribution in [3.8, 4) is 5.75 Å². The fourth-order valence-electron chi connectivity index (χ4n) is 2.58. The van der Waals surface area contributed by atoms with Crippen molar-refractivity contribution in [2.45, 2.75) is 32.6 Å². The molecule has 1 saturated carbocycles. The van der Waals surface area contributed by atoms with E-state index in [9.17, 15) is 4.79 Å². The maximum absolute atomic E-state index is 10.9. The number of carboxylic acid groups (broad SMARTS) is 1. The molecule has 0 heterocycles. The topological polar surface area (TPSA) is 46.5 Å². The molecule has 1 N–H and O–H groups in total. The molecule has 3 nitrogen and oxygen atoms in total. The summed E-state index contributed by atoms with van der Waals surface area (Å²) in [5, 5.41) is 9.63. The van der Waals surface area contributed by atoms with Gasteiger partial charge in [-0.3, -0.25) is 4.79 Å². The van der Waals surface area contributed by atoms with Gasteiger partial charge in [0.15, 0.2) is 0 Å². The molecular formula is C15H19ClO3. The molecule has 1 aliphatic rings. The third-order valence-electron chi connectivity index (χ3n) is 3.70. The lowest BCUT2D eigenvalue weighted by Gasteiger charge is -2.17. The first-order valence-corrected chi connectivity index (χ1v) is 7.05. The highest BCUT2D eigenvalue weighted by Gasteiger charge is 2.43. The number of carbonyl (C=O) groups is 1. The van der Waals surface area contributed by atoms with E-state index in [2.05, 4.69) is 6.92 Å². The van der Waals surface area contributed by atoms with E-state index in [0.29, 0.717) is 17.5 Å². The Labute approximate surface area is 118 Å². The summed E-state index contributed by atoms with van der Waals surface area (Å²) in [6.45, 7) is 4.67. The molecule has 0 amide bonds. The Balaban J connectivity index is 2.07. The first kappa shape index (κ1) is 14.2. The standard InChI is InChI=1S/C15H19ClO3/c1-3-19-14-5-4-11(16)8-12(14)9(2)6-10-7-13(10)15(17)18/h4-5,8-10,13H,3,6-7H2,1-2H3,(H,17,18). The zero-order valence-electron chi connectivity index (χ0n) is 11.2. The van der Waals surface area contributed by atoms with Gasteiger partial charge in [0.2, 0.25) is 0 Å². The van der Waals surface area contributed by atoms with Gasteiger partial charge in [0, 0.05) is 5.02 Å². The molecule has 2 rings (SSSR count). The van der Waals surface area contributed by atoms with E-state index in [1.807, 2.05) is 25.1 Å². The van der Waals surface area contributed by atoms with Crippen LogP contribution in [-0.2, 0) is 4.79 Å². The van der Waals surface area contributed by atoms with Gasteiger partial charge in [-0.15, -0.1) is 0 Å². The number of hydrogen-bond acceptors (Lipinski definition) is 2. The Kier molecular flexibility index (Phi) is 4.35. The van der Waals surface area contributed by atoms with E-state index in [0.717, 1.165) is 24.2 Å². The van der Waals surface area contributed by atoms with Crippen molar-refractivity contribution in [1.29, 1.82) is 0 Å². The van der Waals surface area contributed by atoms with E-state index >= 15 is 0 Å². The average molecular weight is 283 g/mol. The second-order valence-corrected chi connectivity index (χ2v) is 5.63. The van der Waals surface area contributed by atoms with Gasteiger partial charge in [-0.25, -0.2) is 0 Å². The highest BCUT2D eigenvalue weighted by Crippen LogP contribution is 2.46. The third kappa shape index (κ3) is 3.41. The predicted octanol–water partition coefficient (Wildman–Crippen LogP) is 3.95. The SMILES string of the molecule is CCOc1ccc(Cl)cc1C(C)CC1CC1C(=O)O. The molecule has 1 aromatic rings. The molecule has 0 aliphatic heterocycles. The lowest BCUT2D eigenvalue weighted by Crippen LogP contribution is -2.04. The van der Waals surface area contributed by atoms with Gasteiger partial charge in [0.05, 0.1) is 12.5 Å². The van der Waals surface area contributed by atoms with Crippen LogP contribution in [0.4, 0.5) is 0 Å². The van der Waals surface area contributed by atoms with Crippen LogP contribution in [0.25, 0.3) is 0 Å². The van der Waals surface area contributed by atoms with Crippen LogP contribution in [0.2, 0.25) is 5.02 Å². The molecule has 1 aromatic carbocycles. The largest absolute Gasteiger partial charge is 0.494 e. The normalized spacial score (nSPS) is 22.9. The molecule has 19 heavy (non-hydrogen) atoms. The van der Waals surface area contributed by atoms with E-state index < -0.39 is 5.97 Å². The maximum atomic E-state index is 10.9. The van der Waals surface area contributed by atoms with Crippen LogP contribution in [-0.4, -0.2) is 17.7 Å². The molecule has 0 spiro atoms. The monoisotopic (exact) mass is 282 g/mol. The zero-order valence-corrected chi connectivity index (χ0v) is 12.0. The minimum Gasteiger partial charge on any atom is -0.494 e. The number of aliphatic carboxylic acids is 1. The minimum atomic E-state index is -0.673. The van der Waals surface area contributed by atoms with Crippen molar-refractivity contribution in [1.82, 2.24) is 0 Å². The highest BCUT2D eigenvalue weighted by molar-refractivity contribution is 6.30. The molecule has 3 unspecified atom stereocenters. The Morgan fingerprint density at radius 2 is 2.32 bits per heavy atom. The summed E-state index contributed by atoms with van der Waals surface area (Å²) in [5.41, 5.74) is 1.07. The summed E-state index contributed by atoms with van der Waals surface area (Å²) in [6.07, 6.45) is 1.67. The smallest absolute Gasteiger partial charge is 0.306 e. The van der Waals surface area contributed by atoms with E-state index in [1.165, 1.54) is 0 Å². The van der Waals surface area contributed by atoms with Crippen molar-refractivity contribution >= 4 is 17.6 Å². The van der Waals surface area contributed by atoms with Crippen molar-refractivity contribution < 1.29 is 14.6 Å². The number of halogens is 1. The molecule has 0 radical (unpaired) electrons. The number of carboxylic acids is 1. The molecular weight excluding hydrogens is 264 g/mol. The molecule has 1 fully saturated rings. The predicted molar refractivity (Wildman–Crippen MR) is 74.9 cm³/mol. The van der Waals surface area contributed by atoms with E-state index in [1.54, 1.807) is 0 Å². The Morgan fingerprint density at radius 1 is 1.58 bits per heavy atom. The summed E-state index contributed by atoms with van der Waals surface area (Å²) in [5.74, 6) is 0.577. The fraction of sp³-hybridized carbons (Fsp3) is 0.533. The number of ether oxygens (including phenoxy) is 1. The second kappa shape index (κ2) is 5.83. The Hall–Kier alpha value is -1.22. The number of benzene rings is 1. The Morgan fingerprint density at radius 3 is 2.89 bits per heavy atom. The third-order valence-corrected chi connectivity index (χ3v) is 3.93. The molecule has 104 valence electrons. The van der Waals surface area contributed by atoms with Crippen molar-refractivity contribution in [3.63, 3.8) is 0 Å². The van der Waals surface area contributed by atoms with Crippen LogP contribution in [0, 0.1) is 11.8 Å². The van der Waals surface area contributed by atoms with Crippen molar-refractivity contribution in [2.75, 3.05) is 6.61 Å². The lowest BCUT2D eigenvalue weighted by atomic mass is 9.94. The summed E-state index contributed by atoms with van der Waals surface area (Å²) in [7, 11) is 0. The van der Waals surface area contributed by atoms with E-state index in [4.69, 9.17) is 21.4 Å².